The quantitative estimate of drug-likeness (QED) is 0.0442. The van der Waals surface area contributed by atoms with Crippen LogP contribution in [-0.4, -0.2) is 126 Å². The van der Waals surface area contributed by atoms with Crippen LogP contribution in [0.15, 0.2) is 24.3 Å². The van der Waals surface area contributed by atoms with Crippen molar-refractivity contribution in [1.82, 2.24) is 42.5 Å². The van der Waals surface area contributed by atoms with Gasteiger partial charge >= 0.3 is 0 Å². The molecule has 1 aromatic rings. The van der Waals surface area contributed by atoms with Crippen LogP contribution in [0, 0.1) is 23.7 Å². The zero-order valence-electron chi connectivity index (χ0n) is 49.5. The topological polar surface area (TPSA) is 374 Å². The summed E-state index contributed by atoms with van der Waals surface area (Å²) in [5.74, 6) is -4.53. The number of carbonyl (C=O) groups is 9. The van der Waals surface area contributed by atoms with Crippen molar-refractivity contribution in [3.05, 3.63) is 29.8 Å². The van der Waals surface area contributed by atoms with Crippen molar-refractivity contribution in [3.63, 3.8) is 0 Å². The molecular formula is C61H102N12O10. The maximum Gasteiger partial charge on any atom is 0.225 e. The lowest BCUT2D eigenvalue weighted by Crippen LogP contribution is -2.55. The summed E-state index contributed by atoms with van der Waals surface area (Å²) < 4.78 is 0. The normalized spacial score (nSPS) is 24.0. The minimum Gasteiger partial charge on any atom is -0.508 e. The predicted molar refractivity (Wildman–Crippen MR) is 317 cm³/mol. The summed E-state index contributed by atoms with van der Waals surface area (Å²) >= 11 is 0. The summed E-state index contributed by atoms with van der Waals surface area (Å²) in [4.78, 5) is 122. The van der Waals surface area contributed by atoms with E-state index in [9.17, 15) is 48.3 Å². The minimum atomic E-state index is -0.552. The zero-order valence-corrected chi connectivity index (χ0v) is 49.5. The smallest absolute Gasteiger partial charge is 0.225 e. The van der Waals surface area contributed by atoms with Crippen molar-refractivity contribution >= 4 is 53.2 Å². The molecule has 9 amide bonds. The molecule has 0 bridgehead atoms. The van der Waals surface area contributed by atoms with E-state index in [1.807, 2.05) is 0 Å². The highest BCUT2D eigenvalue weighted by molar-refractivity contribution is 5.87. The van der Waals surface area contributed by atoms with Crippen LogP contribution in [0.4, 0.5) is 0 Å². The molecule has 4 fully saturated rings. The number of phenolic OH excluding ortho intramolecular Hbond substituents is 1. The third-order valence-electron chi connectivity index (χ3n) is 17.4. The number of rotatable bonds is 34. The van der Waals surface area contributed by atoms with Gasteiger partial charge in [-0.25, -0.2) is 0 Å². The first-order chi connectivity index (χ1) is 40.0. The monoisotopic (exact) mass is 1160 g/mol. The van der Waals surface area contributed by atoms with Crippen LogP contribution < -0.4 is 65.5 Å². The molecular weight excluding hydrogens is 1060 g/mol. The molecule has 1 aromatic carbocycles. The van der Waals surface area contributed by atoms with Crippen LogP contribution >= 0.6 is 0 Å². The first kappa shape index (κ1) is 67.9. The third kappa shape index (κ3) is 24.3. The van der Waals surface area contributed by atoms with Crippen molar-refractivity contribution < 1.29 is 48.3 Å². The molecule has 0 heterocycles. The SMILES string of the molecule is CC(=O)N[C@H](CC(=O)N[C@H]1CCCC[C@@H]1C(=O)N[C@H]1CCCC[C@@H]1C(=O)N[C@@H](CCCCN)CC(=O)N[C@H]1CCCC[C@@H]1C(=O)N[C@@H](CCCCN)CC(=O)N[C@H]1CCCC[C@@H]1C(=O)N[C@@H](CCCCN)CC(N)=O)Cc1ccc(O)cc1. The number of amides is 9. The Morgan fingerprint density at radius 3 is 1.11 bits per heavy atom. The van der Waals surface area contributed by atoms with Gasteiger partial charge in [0, 0.05) is 80.9 Å². The fourth-order valence-corrected chi connectivity index (χ4v) is 13.1. The average molecular weight is 1160 g/mol. The van der Waals surface area contributed by atoms with E-state index in [0.29, 0.717) is 122 Å². The summed E-state index contributed by atoms with van der Waals surface area (Å²) in [6.45, 7) is 2.80. The van der Waals surface area contributed by atoms with Gasteiger partial charge in [-0.3, -0.25) is 43.2 Å². The number of unbranched alkanes of at least 4 members (excludes halogenated alkanes) is 3. The van der Waals surface area contributed by atoms with Gasteiger partial charge in [-0.2, -0.15) is 0 Å². The molecule has 4 aliphatic carbocycles. The molecule has 4 aliphatic rings. The predicted octanol–water partition coefficient (Wildman–Crippen LogP) is 3.03. The van der Waals surface area contributed by atoms with E-state index in [1.54, 1.807) is 24.3 Å². The van der Waals surface area contributed by atoms with E-state index in [0.717, 1.165) is 69.8 Å². The van der Waals surface area contributed by atoms with Crippen LogP contribution in [0.25, 0.3) is 0 Å². The summed E-state index contributed by atoms with van der Waals surface area (Å²) in [6, 6.07) is 2.86. The van der Waals surface area contributed by atoms with Gasteiger partial charge in [0.05, 0.1) is 23.7 Å². The molecule has 466 valence electrons. The molecule has 0 unspecified atom stereocenters. The van der Waals surface area contributed by atoms with Gasteiger partial charge in [0.2, 0.25) is 53.2 Å². The minimum absolute atomic E-state index is 0.00348. The van der Waals surface area contributed by atoms with Crippen molar-refractivity contribution in [2.75, 3.05) is 19.6 Å². The molecule has 0 aromatic heterocycles. The first-order valence-corrected chi connectivity index (χ1v) is 31.5. The standard InChI is InChI=1S/C61H102N12O10/c1-39(74)66-44(34-40-27-29-45(75)30-28-40)38-57(79)72-52-25-8-4-21-48(52)61(83)73-53-26-9-5-22-49(53)60(82)69-43(18-12-15-33-64)37-56(78)71-51-24-7-3-20-47(51)59(81)68-42(17-11-14-32-63)36-55(77)70-50-23-6-2-19-46(50)58(80)67-41(35-54(65)76)16-10-13-31-62/h27-30,41-44,46-53,75H,2-26,31-38,62-64H2,1H3,(H2,65,76)(H,66,74)(H,67,80)(H,68,81)(H,69,82)(H,70,77)(H,71,78)(H,72,79)(H,73,83)/t41-,42-,43-,44-,46-,47-,48-,49-,50-,51-,52-,53-/m0/s1. The number of primary amides is 1. The van der Waals surface area contributed by atoms with Crippen LogP contribution in [0.1, 0.15) is 199 Å². The number of benzene rings is 1. The molecule has 12 atom stereocenters. The lowest BCUT2D eigenvalue weighted by atomic mass is 9.81. The van der Waals surface area contributed by atoms with Gasteiger partial charge in [0.15, 0.2) is 0 Å². The summed E-state index contributed by atoms with van der Waals surface area (Å²) in [6.07, 6.45) is 17.4. The molecule has 4 saturated carbocycles. The Morgan fingerprint density at radius 2 is 0.759 bits per heavy atom. The Balaban J connectivity index is 1.17. The molecule has 22 heteroatoms. The third-order valence-corrected chi connectivity index (χ3v) is 17.4. The molecule has 83 heavy (non-hydrogen) atoms. The van der Waals surface area contributed by atoms with Crippen molar-refractivity contribution in [2.45, 2.75) is 248 Å². The van der Waals surface area contributed by atoms with E-state index in [1.165, 1.54) is 6.92 Å². The summed E-state index contributed by atoms with van der Waals surface area (Å²) in [7, 11) is 0. The van der Waals surface area contributed by atoms with E-state index >= 15 is 0 Å². The van der Waals surface area contributed by atoms with E-state index in [-0.39, 0.29) is 78.7 Å². The second-order valence-electron chi connectivity index (χ2n) is 24.2. The van der Waals surface area contributed by atoms with Gasteiger partial charge in [-0.15, -0.1) is 0 Å². The average Bonchev–Trinajstić information content (AvgIpc) is 3.60. The van der Waals surface area contributed by atoms with E-state index in [4.69, 9.17) is 22.9 Å². The van der Waals surface area contributed by atoms with Crippen molar-refractivity contribution in [3.8, 4) is 5.75 Å². The molecule has 17 N–H and O–H groups in total. The maximum atomic E-state index is 14.4. The molecule has 5 rings (SSSR count). The first-order valence-electron chi connectivity index (χ1n) is 31.5. The highest BCUT2D eigenvalue weighted by Gasteiger charge is 2.40. The lowest BCUT2D eigenvalue weighted by molar-refractivity contribution is -0.133. The van der Waals surface area contributed by atoms with Gasteiger partial charge in [0.25, 0.3) is 0 Å². The molecule has 22 nitrogen and oxygen atoms in total. The zero-order chi connectivity index (χ0) is 60.1. The highest BCUT2D eigenvalue weighted by Crippen LogP contribution is 2.31. The Bertz CT molecular complexity index is 2240. The maximum absolute atomic E-state index is 14.4. The number of phenols is 1. The number of hydrogen-bond acceptors (Lipinski definition) is 13. The Labute approximate surface area is 491 Å². The Hall–Kier alpha value is -5.87. The molecule has 0 spiro atoms. The summed E-state index contributed by atoms with van der Waals surface area (Å²) in [5.41, 5.74) is 23.8. The number of hydrogen-bond donors (Lipinski definition) is 13. The molecule has 0 aliphatic heterocycles. The van der Waals surface area contributed by atoms with Crippen LogP contribution in [0.3, 0.4) is 0 Å². The largest absolute Gasteiger partial charge is 0.508 e. The molecule has 0 saturated heterocycles. The number of aromatic hydroxyl groups is 1. The van der Waals surface area contributed by atoms with Gasteiger partial charge < -0.3 is 70.6 Å². The lowest BCUT2D eigenvalue weighted by Gasteiger charge is -2.36. The second kappa shape index (κ2) is 36.8. The number of carbonyl (C=O) groups excluding carboxylic acids is 9. The van der Waals surface area contributed by atoms with E-state index in [2.05, 4.69) is 42.5 Å². The van der Waals surface area contributed by atoms with Gasteiger partial charge in [-0.05, 0) is 134 Å². The van der Waals surface area contributed by atoms with Gasteiger partial charge in [0.1, 0.15) is 5.75 Å². The van der Waals surface area contributed by atoms with Crippen LogP contribution in [-0.2, 0) is 49.6 Å². The van der Waals surface area contributed by atoms with E-state index < -0.39 is 77.9 Å². The number of nitrogens with one attached hydrogen (secondary N) is 8. The van der Waals surface area contributed by atoms with Gasteiger partial charge in [-0.1, -0.05) is 82.8 Å². The summed E-state index contributed by atoms with van der Waals surface area (Å²) in [5, 5.41) is 34.6. The fraction of sp³-hybridized carbons (Fsp3) is 0.754. The van der Waals surface area contributed by atoms with Crippen LogP contribution in [0.5, 0.6) is 5.75 Å². The number of nitrogens with two attached hydrogens (primary N) is 4. The van der Waals surface area contributed by atoms with Crippen LogP contribution in [0.2, 0.25) is 0 Å². The van der Waals surface area contributed by atoms with Crippen molar-refractivity contribution in [2.24, 2.45) is 46.6 Å². The van der Waals surface area contributed by atoms with Crippen molar-refractivity contribution in [1.29, 1.82) is 0 Å². The Morgan fingerprint density at radius 1 is 0.434 bits per heavy atom. The Kier molecular flexibility index (Phi) is 30.1. The highest BCUT2D eigenvalue weighted by atomic mass is 16.3. The second-order valence-corrected chi connectivity index (χ2v) is 24.2. The fourth-order valence-electron chi connectivity index (χ4n) is 13.1. The molecule has 0 radical (unpaired) electrons.